The number of hydroxylamine groups is 1. The lowest BCUT2D eigenvalue weighted by atomic mass is 9.81. The summed E-state index contributed by atoms with van der Waals surface area (Å²) < 4.78 is 28.1. The molecule has 6 N–H and O–H groups in total. The first-order valence-electron chi connectivity index (χ1n) is 12.3. The highest BCUT2D eigenvalue weighted by Gasteiger charge is 2.36. The van der Waals surface area contributed by atoms with E-state index in [2.05, 4.69) is 10.6 Å². The average Bonchev–Trinajstić information content (AvgIpc) is 2.85. The molecule has 1 saturated heterocycles. The number of hydrogen-bond donors (Lipinski definition) is 5. The lowest BCUT2D eigenvalue weighted by molar-refractivity contribution is -0.142. The highest BCUT2D eigenvalue weighted by atomic mass is 32.2. The highest BCUT2D eigenvalue weighted by molar-refractivity contribution is 7.89. The van der Waals surface area contributed by atoms with Crippen molar-refractivity contribution in [2.24, 2.45) is 17.8 Å². The minimum absolute atomic E-state index is 0.0614. The summed E-state index contributed by atoms with van der Waals surface area (Å²) in [5.74, 6) is -3.15. The summed E-state index contributed by atoms with van der Waals surface area (Å²) in [6, 6.07) is 5.14. The second-order valence-electron chi connectivity index (χ2n) is 9.61. The third-order valence-corrected chi connectivity index (χ3v) is 8.38. The fourth-order valence-electron chi connectivity index (χ4n) is 4.55. The molecule has 1 heterocycles. The number of rotatable bonds is 6. The third kappa shape index (κ3) is 7.90. The standard InChI is InChI=1S/C24H39N5O6S/c1-16(2)15-20-19(23(31)28-33)7-6-14-29(36(34,35)18-11-9-17(25)10-12-18)13-5-4-8-21(24(32)26-3)27-22(20)30/h9-12,16,19-21,33H,4-8,13-15,25H2,1-3H3,(H,26,32)(H,27,30)(H,28,31)/t19-,20?,21?/m0/s1. The second-order valence-corrected chi connectivity index (χ2v) is 11.5. The van der Waals surface area contributed by atoms with Gasteiger partial charge in [0.25, 0.3) is 0 Å². The molecule has 36 heavy (non-hydrogen) atoms. The molecule has 0 radical (unpaired) electrons. The summed E-state index contributed by atoms with van der Waals surface area (Å²) in [6.45, 7) is 4.18. The third-order valence-electron chi connectivity index (χ3n) is 6.46. The maximum atomic E-state index is 13.4. The maximum absolute atomic E-state index is 13.4. The van der Waals surface area contributed by atoms with Crippen LogP contribution in [0.3, 0.4) is 0 Å². The predicted octanol–water partition coefficient (Wildman–Crippen LogP) is 1.24. The monoisotopic (exact) mass is 525 g/mol. The zero-order valence-corrected chi connectivity index (χ0v) is 22.0. The summed E-state index contributed by atoms with van der Waals surface area (Å²) >= 11 is 0. The minimum Gasteiger partial charge on any atom is -0.399 e. The Labute approximate surface area is 213 Å². The van der Waals surface area contributed by atoms with Gasteiger partial charge in [-0.1, -0.05) is 13.8 Å². The lowest BCUT2D eigenvalue weighted by Crippen LogP contribution is -2.50. The van der Waals surface area contributed by atoms with Crippen molar-refractivity contribution in [2.75, 3.05) is 25.9 Å². The first kappa shape index (κ1) is 29.5. The molecule has 11 nitrogen and oxygen atoms in total. The molecule has 1 aliphatic heterocycles. The van der Waals surface area contributed by atoms with Crippen LogP contribution in [0.1, 0.15) is 52.4 Å². The van der Waals surface area contributed by atoms with Crippen LogP contribution in [0.2, 0.25) is 0 Å². The number of nitrogens with two attached hydrogens (primary N) is 1. The van der Waals surface area contributed by atoms with Gasteiger partial charge in [-0.05, 0) is 68.7 Å². The zero-order chi connectivity index (χ0) is 26.9. The first-order valence-corrected chi connectivity index (χ1v) is 13.8. The molecule has 3 atom stereocenters. The van der Waals surface area contributed by atoms with Crippen molar-refractivity contribution in [1.29, 1.82) is 0 Å². The molecule has 202 valence electrons. The van der Waals surface area contributed by atoms with Crippen LogP contribution in [0.25, 0.3) is 0 Å². The molecule has 0 aliphatic carbocycles. The van der Waals surface area contributed by atoms with Gasteiger partial charge in [-0.15, -0.1) is 0 Å². The molecule has 2 rings (SSSR count). The number of carbonyl (C=O) groups is 3. The van der Waals surface area contributed by atoms with Gasteiger partial charge in [-0.25, -0.2) is 13.9 Å². The van der Waals surface area contributed by atoms with E-state index >= 15 is 0 Å². The summed E-state index contributed by atoms with van der Waals surface area (Å²) in [5.41, 5.74) is 7.82. The number of likely N-dealkylation sites (N-methyl/N-ethyl adjacent to an activating group) is 1. The Hall–Kier alpha value is -2.70. The van der Waals surface area contributed by atoms with Crippen LogP contribution in [0.15, 0.2) is 29.2 Å². The van der Waals surface area contributed by atoms with Crippen LogP contribution in [0.4, 0.5) is 5.69 Å². The van der Waals surface area contributed by atoms with Crippen LogP contribution >= 0.6 is 0 Å². The normalized spacial score (nSPS) is 23.0. The SMILES string of the molecule is CNC(=O)C1CCCCN(S(=O)(=O)c2ccc(N)cc2)CCC[C@H](C(=O)NO)C(CC(C)C)C(=O)N1. The van der Waals surface area contributed by atoms with Gasteiger partial charge in [0.2, 0.25) is 27.7 Å². The number of hydrogen-bond acceptors (Lipinski definition) is 7. The summed E-state index contributed by atoms with van der Waals surface area (Å²) in [7, 11) is -2.36. The van der Waals surface area contributed by atoms with E-state index in [1.54, 1.807) is 5.48 Å². The van der Waals surface area contributed by atoms with Gasteiger partial charge in [-0.3, -0.25) is 19.6 Å². The molecule has 2 unspecified atom stereocenters. The van der Waals surface area contributed by atoms with Gasteiger partial charge in [0, 0.05) is 31.7 Å². The van der Waals surface area contributed by atoms with Crippen LogP contribution in [-0.2, 0) is 24.4 Å². The minimum atomic E-state index is -3.83. The van der Waals surface area contributed by atoms with Crippen LogP contribution in [0.5, 0.6) is 0 Å². The number of nitrogens with zero attached hydrogens (tertiary/aromatic N) is 1. The van der Waals surface area contributed by atoms with E-state index < -0.39 is 39.7 Å². The lowest BCUT2D eigenvalue weighted by Gasteiger charge is -2.28. The maximum Gasteiger partial charge on any atom is 0.247 e. The van der Waals surface area contributed by atoms with Gasteiger partial charge in [0.05, 0.1) is 10.8 Å². The molecule has 0 saturated carbocycles. The summed E-state index contributed by atoms with van der Waals surface area (Å²) in [5, 5.41) is 14.7. The molecule has 12 heteroatoms. The van der Waals surface area contributed by atoms with Crippen molar-refractivity contribution in [1.82, 2.24) is 20.4 Å². The van der Waals surface area contributed by atoms with Crippen molar-refractivity contribution >= 4 is 33.4 Å². The van der Waals surface area contributed by atoms with Crippen LogP contribution in [0, 0.1) is 17.8 Å². The van der Waals surface area contributed by atoms with E-state index in [0.717, 1.165) is 0 Å². The van der Waals surface area contributed by atoms with Crippen molar-refractivity contribution in [2.45, 2.75) is 63.3 Å². The Balaban J connectivity index is 2.41. The van der Waals surface area contributed by atoms with Crippen molar-refractivity contribution in [3.05, 3.63) is 24.3 Å². The largest absolute Gasteiger partial charge is 0.399 e. The smallest absolute Gasteiger partial charge is 0.247 e. The molecule has 1 aliphatic rings. The zero-order valence-electron chi connectivity index (χ0n) is 21.2. The van der Waals surface area contributed by atoms with E-state index in [9.17, 15) is 28.0 Å². The Bertz CT molecular complexity index is 999. The fraction of sp³-hybridized carbons (Fsp3) is 0.625. The first-order chi connectivity index (χ1) is 17.0. The van der Waals surface area contributed by atoms with Crippen molar-refractivity contribution < 1.29 is 28.0 Å². The number of anilines is 1. The van der Waals surface area contributed by atoms with Gasteiger partial charge >= 0.3 is 0 Å². The number of sulfonamides is 1. The van der Waals surface area contributed by atoms with Gasteiger partial charge in [0.1, 0.15) is 6.04 Å². The van der Waals surface area contributed by atoms with Gasteiger partial charge < -0.3 is 16.4 Å². The summed E-state index contributed by atoms with van der Waals surface area (Å²) in [4.78, 5) is 38.5. The Morgan fingerprint density at radius 1 is 1.11 bits per heavy atom. The van der Waals surface area contributed by atoms with E-state index in [-0.39, 0.29) is 36.2 Å². The average molecular weight is 526 g/mol. The molecule has 0 aromatic heterocycles. The fourth-order valence-corrected chi connectivity index (χ4v) is 6.06. The molecular weight excluding hydrogens is 486 g/mol. The molecule has 3 amide bonds. The Morgan fingerprint density at radius 2 is 1.75 bits per heavy atom. The number of amides is 3. The Kier molecular flexibility index (Phi) is 11.1. The van der Waals surface area contributed by atoms with Crippen LogP contribution < -0.4 is 21.8 Å². The van der Waals surface area contributed by atoms with Crippen molar-refractivity contribution in [3.63, 3.8) is 0 Å². The highest BCUT2D eigenvalue weighted by Crippen LogP contribution is 2.27. The van der Waals surface area contributed by atoms with E-state index in [1.807, 2.05) is 13.8 Å². The van der Waals surface area contributed by atoms with Gasteiger partial charge in [-0.2, -0.15) is 4.31 Å². The van der Waals surface area contributed by atoms with E-state index in [0.29, 0.717) is 37.8 Å². The quantitative estimate of drug-likeness (QED) is 0.211. The number of benzene rings is 1. The second kappa shape index (κ2) is 13.6. The number of nitrogen functional groups attached to an aromatic ring is 1. The molecule has 1 aromatic rings. The molecule has 0 spiro atoms. The molecule has 1 aromatic carbocycles. The number of nitrogens with one attached hydrogen (secondary N) is 3. The van der Waals surface area contributed by atoms with Crippen molar-refractivity contribution in [3.8, 4) is 0 Å². The van der Waals surface area contributed by atoms with Crippen LogP contribution in [-0.4, -0.2) is 61.8 Å². The predicted molar refractivity (Wildman–Crippen MR) is 135 cm³/mol. The Morgan fingerprint density at radius 3 is 2.33 bits per heavy atom. The van der Waals surface area contributed by atoms with E-state index in [1.165, 1.54) is 35.6 Å². The number of carbonyl (C=O) groups excluding carboxylic acids is 3. The topological polar surface area (TPSA) is 171 Å². The van der Waals surface area contributed by atoms with Gasteiger partial charge in [0.15, 0.2) is 0 Å². The molecule has 0 bridgehead atoms. The molecule has 1 fully saturated rings. The summed E-state index contributed by atoms with van der Waals surface area (Å²) in [6.07, 6.45) is 2.13. The molecular formula is C24H39N5O6S. The van der Waals surface area contributed by atoms with E-state index in [4.69, 9.17) is 5.73 Å².